The lowest BCUT2D eigenvalue weighted by atomic mass is 9.89. The average molecular weight is 237 g/mol. The predicted octanol–water partition coefficient (Wildman–Crippen LogP) is 2.47. The van der Waals surface area contributed by atoms with E-state index in [-0.39, 0.29) is 0 Å². The molecule has 94 valence electrons. The van der Waals surface area contributed by atoms with Gasteiger partial charge in [-0.25, -0.2) is 4.39 Å². The Balaban J connectivity index is 1.97. The molecule has 0 amide bonds. The highest BCUT2D eigenvalue weighted by Crippen LogP contribution is 2.29. The number of nitrogens with one attached hydrogen (secondary N) is 1. The first kappa shape index (κ1) is 12.5. The number of rotatable bonds is 4. The van der Waals surface area contributed by atoms with Gasteiger partial charge in [0.15, 0.2) is 0 Å². The van der Waals surface area contributed by atoms with Gasteiger partial charge in [0.2, 0.25) is 0 Å². The fraction of sp³-hybridized carbons (Fsp3) is 0.571. The molecule has 0 aromatic heterocycles. The van der Waals surface area contributed by atoms with Crippen LogP contribution in [0.1, 0.15) is 24.0 Å². The van der Waals surface area contributed by atoms with Gasteiger partial charge in [0.1, 0.15) is 5.67 Å². The molecule has 17 heavy (non-hydrogen) atoms. The van der Waals surface area contributed by atoms with Crippen LogP contribution in [-0.2, 0) is 17.7 Å². The molecule has 1 aliphatic rings. The van der Waals surface area contributed by atoms with Crippen molar-refractivity contribution in [1.29, 1.82) is 0 Å². The van der Waals surface area contributed by atoms with Crippen molar-refractivity contribution in [2.45, 2.75) is 31.5 Å². The van der Waals surface area contributed by atoms with Gasteiger partial charge in [-0.05, 0) is 18.2 Å². The van der Waals surface area contributed by atoms with Crippen molar-refractivity contribution in [3.63, 3.8) is 0 Å². The summed E-state index contributed by atoms with van der Waals surface area (Å²) in [7, 11) is 1.92. The van der Waals surface area contributed by atoms with Crippen molar-refractivity contribution in [2.24, 2.45) is 0 Å². The van der Waals surface area contributed by atoms with Crippen LogP contribution < -0.4 is 5.32 Å². The first-order chi connectivity index (χ1) is 8.22. The van der Waals surface area contributed by atoms with Crippen LogP contribution in [0.4, 0.5) is 4.39 Å². The Morgan fingerprint density at radius 1 is 1.18 bits per heavy atom. The average Bonchev–Trinajstić information content (AvgIpc) is 2.33. The van der Waals surface area contributed by atoms with Crippen LogP contribution in [0.15, 0.2) is 24.3 Å². The number of halogens is 1. The molecule has 0 aliphatic carbocycles. The van der Waals surface area contributed by atoms with Crippen LogP contribution in [0.2, 0.25) is 0 Å². The van der Waals surface area contributed by atoms with Gasteiger partial charge >= 0.3 is 0 Å². The molecule has 1 N–H and O–H groups in total. The van der Waals surface area contributed by atoms with E-state index in [9.17, 15) is 4.39 Å². The van der Waals surface area contributed by atoms with Crippen LogP contribution in [0, 0.1) is 0 Å². The zero-order valence-corrected chi connectivity index (χ0v) is 10.3. The van der Waals surface area contributed by atoms with Crippen molar-refractivity contribution in [3.8, 4) is 0 Å². The van der Waals surface area contributed by atoms with Crippen LogP contribution in [0.25, 0.3) is 0 Å². The van der Waals surface area contributed by atoms with Gasteiger partial charge < -0.3 is 10.1 Å². The van der Waals surface area contributed by atoms with Crippen molar-refractivity contribution < 1.29 is 9.13 Å². The Hall–Kier alpha value is -0.930. The predicted molar refractivity (Wildman–Crippen MR) is 66.8 cm³/mol. The van der Waals surface area contributed by atoms with Crippen LogP contribution in [0.5, 0.6) is 0 Å². The van der Waals surface area contributed by atoms with E-state index < -0.39 is 5.67 Å². The van der Waals surface area contributed by atoms with E-state index in [1.165, 1.54) is 5.56 Å². The summed E-state index contributed by atoms with van der Waals surface area (Å²) in [6.07, 6.45) is 1.55. The summed E-state index contributed by atoms with van der Waals surface area (Å²) in [5.74, 6) is 0. The molecule has 1 aliphatic heterocycles. The molecule has 0 bridgehead atoms. The summed E-state index contributed by atoms with van der Waals surface area (Å²) < 4.78 is 19.6. The Labute approximate surface area is 102 Å². The number of alkyl halides is 1. The highest BCUT2D eigenvalue weighted by molar-refractivity contribution is 5.24. The molecule has 2 rings (SSSR count). The van der Waals surface area contributed by atoms with E-state index >= 15 is 0 Å². The minimum atomic E-state index is -1.07. The number of hydrogen-bond donors (Lipinski definition) is 1. The summed E-state index contributed by atoms with van der Waals surface area (Å²) in [5.41, 5.74) is 1.24. The van der Waals surface area contributed by atoms with E-state index in [0.29, 0.717) is 32.5 Å². The monoisotopic (exact) mass is 237 g/mol. The summed E-state index contributed by atoms with van der Waals surface area (Å²) in [6, 6.07) is 8.19. The van der Waals surface area contributed by atoms with Crippen molar-refractivity contribution >= 4 is 0 Å². The zero-order valence-electron chi connectivity index (χ0n) is 10.3. The molecule has 0 saturated carbocycles. The summed E-state index contributed by atoms with van der Waals surface area (Å²) in [4.78, 5) is 0. The lowest BCUT2D eigenvalue weighted by molar-refractivity contribution is -0.00816. The maximum Gasteiger partial charge on any atom is 0.119 e. The molecule has 0 radical (unpaired) electrons. The Morgan fingerprint density at radius 3 is 2.35 bits per heavy atom. The van der Waals surface area contributed by atoms with Crippen molar-refractivity contribution in [2.75, 3.05) is 20.3 Å². The second kappa shape index (κ2) is 5.61. The Bertz CT molecular complexity index is 344. The highest BCUT2D eigenvalue weighted by atomic mass is 19.1. The molecule has 1 aromatic rings. The van der Waals surface area contributed by atoms with E-state index in [1.807, 2.05) is 19.2 Å². The maximum absolute atomic E-state index is 14.4. The minimum absolute atomic E-state index is 0.510. The molecule has 1 fully saturated rings. The van der Waals surface area contributed by atoms with Gasteiger partial charge in [-0.2, -0.15) is 0 Å². The molecule has 3 heteroatoms. The lowest BCUT2D eigenvalue weighted by Gasteiger charge is -2.29. The van der Waals surface area contributed by atoms with E-state index in [4.69, 9.17) is 4.74 Å². The van der Waals surface area contributed by atoms with Crippen molar-refractivity contribution in [1.82, 2.24) is 5.32 Å². The lowest BCUT2D eigenvalue weighted by Crippen LogP contribution is -2.33. The first-order valence-corrected chi connectivity index (χ1v) is 6.21. The molecular formula is C14H20FNO. The highest BCUT2D eigenvalue weighted by Gasteiger charge is 2.32. The third kappa shape index (κ3) is 3.51. The third-order valence-corrected chi connectivity index (χ3v) is 3.31. The second-order valence-electron chi connectivity index (χ2n) is 4.79. The topological polar surface area (TPSA) is 21.3 Å². The van der Waals surface area contributed by atoms with Gasteiger partial charge in [0.25, 0.3) is 0 Å². The van der Waals surface area contributed by atoms with Gasteiger partial charge in [-0.3, -0.25) is 0 Å². The maximum atomic E-state index is 14.4. The SMILES string of the molecule is CNCc1ccc(CC2(F)CCOCC2)cc1. The largest absolute Gasteiger partial charge is 0.381 e. The molecule has 1 saturated heterocycles. The molecule has 1 heterocycles. The molecule has 2 nitrogen and oxygen atoms in total. The normalized spacial score (nSPS) is 19.2. The fourth-order valence-corrected chi connectivity index (χ4v) is 2.26. The minimum Gasteiger partial charge on any atom is -0.381 e. The Kier molecular flexibility index (Phi) is 4.13. The summed E-state index contributed by atoms with van der Waals surface area (Å²) >= 11 is 0. The van der Waals surface area contributed by atoms with E-state index in [2.05, 4.69) is 17.4 Å². The zero-order chi connectivity index (χ0) is 12.1. The van der Waals surface area contributed by atoms with Crippen molar-refractivity contribution in [3.05, 3.63) is 35.4 Å². The van der Waals surface area contributed by atoms with Crippen LogP contribution in [0.3, 0.4) is 0 Å². The van der Waals surface area contributed by atoms with E-state index in [1.54, 1.807) is 0 Å². The summed E-state index contributed by atoms with van der Waals surface area (Å²) in [5, 5.41) is 3.10. The van der Waals surface area contributed by atoms with Gasteiger partial charge in [-0.15, -0.1) is 0 Å². The molecule has 1 aromatic carbocycles. The third-order valence-electron chi connectivity index (χ3n) is 3.31. The standard InChI is InChI=1S/C14H20FNO/c1-16-11-13-4-2-12(3-5-13)10-14(15)6-8-17-9-7-14/h2-5,16H,6-11H2,1H3. The van der Waals surface area contributed by atoms with Gasteiger partial charge in [-0.1, -0.05) is 24.3 Å². The smallest absolute Gasteiger partial charge is 0.119 e. The molecular weight excluding hydrogens is 217 g/mol. The number of ether oxygens (including phenoxy) is 1. The van der Waals surface area contributed by atoms with Gasteiger partial charge in [0, 0.05) is 39.0 Å². The fourth-order valence-electron chi connectivity index (χ4n) is 2.26. The number of benzene rings is 1. The molecule has 0 unspecified atom stereocenters. The van der Waals surface area contributed by atoms with Gasteiger partial charge in [0.05, 0.1) is 0 Å². The molecule has 0 atom stereocenters. The van der Waals surface area contributed by atoms with Crippen LogP contribution in [-0.4, -0.2) is 25.9 Å². The molecule has 0 spiro atoms. The second-order valence-corrected chi connectivity index (χ2v) is 4.79. The Morgan fingerprint density at radius 2 is 1.76 bits per heavy atom. The quantitative estimate of drug-likeness (QED) is 0.868. The van der Waals surface area contributed by atoms with E-state index in [0.717, 1.165) is 12.1 Å². The number of hydrogen-bond acceptors (Lipinski definition) is 2. The summed E-state index contributed by atoms with van der Waals surface area (Å²) in [6.45, 7) is 1.96. The van der Waals surface area contributed by atoms with Crippen LogP contribution >= 0.6 is 0 Å². The first-order valence-electron chi connectivity index (χ1n) is 6.21.